The molecule has 0 radical (unpaired) electrons. The van der Waals surface area contributed by atoms with Gasteiger partial charge in [-0.2, -0.15) is 0 Å². The van der Waals surface area contributed by atoms with E-state index in [1.165, 1.54) is 0 Å². The van der Waals surface area contributed by atoms with E-state index >= 15 is 0 Å². The van der Waals surface area contributed by atoms with Crippen LogP contribution in [0.5, 0.6) is 0 Å². The standard InChI is InChI=1S/C10H20ClNO2S/c1-3-8(4-2)10(11)7-12-15(13,14)9-5-6-9/h8-10,12H,3-7H2,1-2H3. The van der Waals surface area contributed by atoms with Gasteiger partial charge in [0.25, 0.3) is 0 Å². The van der Waals surface area contributed by atoms with E-state index in [4.69, 9.17) is 11.6 Å². The first-order valence-electron chi connectivity index (χ1n) is 5.63. The van der Waals surface area contributed by atoms with Gasteiger partial charge in [0.1, 0.15) is 0 Å². The number of halogens is 1. The molecule has 3 nitrogen and oxygen atoms in total. The third-order valence-corrected chi connectivity index (χ3v) is 5.43. The highest BCUT2D eigenvalue weighted by Crippen LogP contribution is 2.27. The first-order valence-corrected chi connectivity index (χ1v) is 7.62. The fourth-order valence-electron chi connectivity index (χ4n) is 1.66. The summed E-state index contributed by atoms with van der Waals surface area (Å²) >= 11 is 6.15. The van der Waals surface area contributed by atoms with Crippen LogP contribution in [0.25, 0.3) is 0 Å². The summed E-state index contributed by atoms with van der Waals surface area (Å²) in [4.78, 5) is 0. The molecule has 0 saturated heterocycles. The van der Waals surface area contributed by atoms with Crippen molar-refractivity contribution in [1.82, 2.24) is 4.72 Å². The van der Waals surface area contributed by atoms with Gasteiger partial charge < -0.3 is 0 Å². The van der Waals surface area contributed by atoms with Crippen LogP contribution < -0.4 is 4.72 Å². The topological polar surface area (TPSA) is 46.2 Å². The van der Waals surface area contributed by atoms with Crippen molar-refractivity contribution in [2.24, 2.45) is 5.92 Å². The van der Waals surface area contributed by atoms with Gasteiger partial charge >= 0.3 is 0 Å². The van der Waals surface area contributed by atoms with Crippen molar-refractivity contribution in [3.63, 3.8) is 0 Å². The Balaban J connectivity index is 2.35. The largest absolute Gasteiger partial charge is 0.214 e. The molecular weight excluding hydrogens is 234 g/mol. The van der Waals surface area contributed by atoms with Gasteiger partial charge in [0, 0.05) is 11.9 Å². The van der Waals surface area contributed by atoms with Crippen LogP contribution in [0.2, 0.25) is 0 Å². The molecule has 0 aromatic rings. The lowest BCUT2D eigenvalue weighted by Gasteiger charge is -2.19. The molecule has 1 unspecified atom stereocenters. The second-order valence-corrected chi connectivity index (χ2v) is 6.79. The minimum atomic E-state index is -3.07. The third kappa shape index (κ3) is 3.93. The summed E-state index contributed by atoms with van der Waals surface area (Å²) in [5, 5.41) is -0.239. The maximum absolute atomic E-state index is 11.5. The fraction of sp³-hybridized carbons (Fsp3) is 1.00. The second-order valence-electron chi connectivity index (χ2n) is 4.19. The number of hydrogen-bond donors (Lipinski definition) is 1. The smallest absolute Gasteiger partial charge is 0.214 e. The van der Waals surface area contributed by atoms with Gasteiger partial charge in [0.15, 0.2) is 0 Å². The molecule has 5 heteroatoms. The fourth-order valence-corrected chi connectivity index (χ4v) is 3.59. The maximum atomic E-state index is 11.5. The Labute approximate surface area is 97.6 Å². The highest BCUT2D eigenvalue weighted by Gasteiger charge is 2.35. The molecule has 90 valence electrons. The predicted molar refractivity (Wildman–Crippen MR) is 63.7 cm³/mol. The monoisotopic (exact) mass is 253 g/mol. The molecule has 1 fully saturated rings. The van der Waals surface area contributed by atoms with Crippen molar-refractivity contribution < 1.29 is 8.42 Å². The zero-order valence-electron chi connectivity index (χ0n) is 9.37. The van der Waals surface area contributed by atoms with E-state index < -0.39 is 10.0 Å². The van der Waals surface area contributed by atoms with Crippen LogP contribution in [0.1, 0.15) is 39.5 Å². The van der Waals surface area contributed by atoms with Crippen molar-refractivity contribution in [2.75, 3.05) is 6.54 Å². The maximum Gasteiger partial charge on any atom is 0.214 e. The Morgan fingerprint density at radius 1 is 1.33 bits per heavy atom. The van der Waals surface area contributed by atoms with Crippen LogP contribution in [0, 0.1) is 5.92 Å². The van der Waals surface area contributed by atoms with Crippen LogP contribution in [-0.2, 0) is 10.0 Å². The van der Waals surface area contributed by atoms with Crippen LogP contribution in [-0.4, -0.2) is 25.6 Å². The van der Waals surface area contributed by atoms with Gasteiger partial charge in [0.05, 0.1) is 5.25 Å². The zero-order valence-corrected chi connectivity index (χ0v) is 10.9. The number of hydrogen-bond acceptors (Lipinski definition) is 2. The highest BCUT2D eigenvalue weighted by molar-refractivity contribution is 7.90. The lowest BCUT2D eigenvalue weighted by Crippen LogP contribution is -2.35. The molecule has 0 aromatic heterocycles. The Morgan fingerprint density at radius 2 is 1.87 bits per heavy atom. The van der Waals surface area contributed by atoms with Gasteiger partial charge in [-0.05, 0) is 18.8 Å². The summed E-state index contributed by atoms with van der Waals surface area (Å²) in [7, 11) is -3.07. The predicted octanol–water partition coefficient (Wildman–Crippen LogP) is 2.11. The number of rotatable bonds is 7. The average Bonchev–Trinajstić information content (AvgIpc) is 3.00. The van der Waals surface area contributed by atoms with Gasteiger partial charge in [-0.15, -0.1) is 11.6 Å². The van der Waals surface area contributed by atoms with E-state index in [0.717, 1.165) is 25.7 Å². The van der Waals surface area contributed by atoms with Crippen molar-refractivity contribution in [3.8, 4) is 0 Å². The summed E-state index contributed by atoms with van der Waals surface area (Å²) in [6, 6.07) is 0. The Bertz CT molecular complexity index is 284. The molecule has 0 aromatic carbocycles. The van der Waals surface area contributed by atoms with Crippen molar-refractivity contribution >= 4 is 21.6 Å². The first kappa shape index (κ1) is 13.3. The SMILES string of the molecule is CCC(CC)C(Cl)CNS(=O)(=O)C1CC1. The lowest BCUT2D eigenvalue weighted by molar-refractivity contribution is 0.460. The van der Waals surface area contributed by atoms with Crippen molar-refractivity contribution in [1.29, 1.82) is 0 Å². The number of sulfonamides is 1. The normalized spacial score (nSPS) is 19.5. The first-order chi connectivity index (χ1) is 7.01. The number of alkyl halides is 1. The van der Waals surface area contributed by atoms with E-state index in [1.807, 2.05) is 0 Å². The molecule has 15 heavy (non-hydrogen) atoms. The molecule has 0 spiro atoms. The number of nitrogens with one attached hydrogen (secondary N) is 1. The average molecular weight is 254 g/mol. The quantitative estimate of drug-likeness (QED) is 0.707. The third-order valence-electron chi connectivity index (χ3n) is 3.00. The van der Waals surface area contributed by atoms with E-state index in [9.17, 15) is 8.42 Å². The van der Waals surface area contributed by atoms with Gasteiger partial charge in [-0.1, -0.05) is 26.7 Å². The Hall–Kier alpha value is 0.200. The zero-order chi connectivity index (χ0) is 11.5. The van der Waals surface area contributed by atoms with Crippen LogP contribution in [0.3, 0.4) is 0 Å². The van der Waals surface area contributed by atoms with E-state index in [-0.39, 0.29) is 10.6 Å². The molecular formula is C10H20ClNO2S. The molecule has 1 aliphatic rings. The van der Waals surface area contributed by atoms with Gasteiger partial charge in [0.2, 0.25) is 10.0 Å². The van der Waals surface area contributed by atoms with Crippen molar-refractivity contribution in [3.05, 3.63) is 0 Å². The molecule has 0 amide bonds. The molecule has 1 rings (SSSR count). The molecule has 0 heterocycles. The minimum Gasteiger partial charge on any atom is -0.214 e. The lowest BCUT2D eigenvalue weighted by atomic mass is 9.99. The second kappa shape index (κ2) is 5.51. The minimum absolute atomic E-state index is 0.0893. The molecule has 1 aliphatic carbocycles. The summed E-state index contributed by atoms with van der Waals surface area (Å²) in [6.07, 6.45) is 3.59. The van der Waals surface area contributed by atoms with Gasteiger partial charge in [-0.25, -0.2) is 13.1 Å². The van der Waals surface area contributed by atoms with Crippen LogP contribution in [0.15, 0.2) is 0 Å². The Kier molecular flexibility index (Phi) is 4.87. The highest BCUT2D eigenvalue weighted by atomic mass is 35.5. The molecule has 0 aliphatic heterocycles. The van der Waals surface area contributed by atoms with Crippen LogP contribution in [0.4, 0.5) is 0 Å². The summed E-state index contributed by atoms with van der Waals surface area (Å²) in [5.74, 6) is 0.397. The van der Waals surface area contributed by atoms with Crippen molar-refractivity contribution in [2.45, 2.75) is 50.2 Å². The van der Waals surface area contributed by atoms with E-state index in [2.05, 4.69) is 18.6 Å². The molecule has 1 N–H and O–H groups in total. The van der Waals surface area contributed by atoms with E-state index in [0.29, 0.717) is 12.5 Å². The summed E-state index contributed by atoms with van der Waals surface area (Å²) < 4.78 is 25.7. The van der Waals surface area contributed by atoms with Crippen LogP contribution >= 0.6 is 11.6 Å². The summed E-state index contributed by atoms with van der Waals surface area (Å²) in [5.41, 5.74) is 0. The molecule has 1 atom stereocenters. The van der Waals surface area contributed by atoms with Gasteiger partial charge in [-0.3, -0.25) is 0 Å². The van der Waals surface area contributed by atoms with E-state index in [1.54, 1.807) is 0 Å². The Morgan fingerprint density at radius 3 is 2.27 bits per heavy atom. The molecule has 0 bridgehead atoms. The summed E-state index contributed by atoms with van der Waals surface area (Å²) in [6.45, 7) is 4.53. The molecule has 1 saturated carbocycles.